The first-order valence-electron chi connectivity index (χ1n) is 11.0. The van der Waals surface area contributed by atoms with Crippen molar-refractivity contribution in [1.29, 1.82) is 0 Å². The molecule has 4 unspecified atom stereocenters. The SMILES string of the molecule is CC(C)C(NC(=O)C(N)CC(=O)O)C(=O)NC(CCC(=O)O)C(=O)NC(CCCN=C(N)N)C(=O)O. The molecule has 0 saturated heterocycles. The first kappa shape index (κ1) is 32.0. The highest BCUT2D eigenvalue weighted by Gasteiger charge is 2.32. The molecular formula is C20H35N7O9. The number of hydrogen-bond acceptors (Lipinski definition) is 8. The van der Waals surface area contributed by atoms with Crippen LogP contribution in [0.4, 0.5) is 0 Å². The number of aliphatic imine (C=N–C) groups is 1. The standard InChI is InChI=1S/C20H35N7O9/c1-9(2)15(27-16(32)10(21)8-14(30)31)18(34)25-11(5-6-13(28)29)17(33)26-12(19(35)36)4-3-7-24-20(22)23/h9-12,15H,3-8,21H2,1-2H3,(H,25,34)(H,26,33)(H,27,32)(H,28,29)(H,30,31)(H,35,36)(H4,22,23,24). The summed E-state index contributed by atoms with van der Waals surface area (Å²) in [6.07, 6.45) is -1.42. The average molecular weight is 518 g/mol. The van der Waals surface area contributed by atoms with Crippen LogP contribution in [0, 0.1) is 5.92 Å². The zero-order chi connectivity index (χ0) is 28.0. The molecule has 0 saturated carbocycles. The molecule has 0 aromatic rings. The van der Waals surface area contributed by atoms with Gasteiger partial charge in [0.2, 0.25) is 17.7 Å². The van der Waals surface area contributed by atoms with Gasteiger partial charge in [0.1, 0.15) is 18.1 Å². The summed E-state index contributed by atoms with van der Waals surface area (Å²) < 4.78 is 0. The lowest BCUT2D eigenvalue weighted by Gasteiger charge is -2.26. The predicted molar refractivity (Wildman–Crippen MR) is 125 cm³/mol. The summed E-state index contributed by atoms with van der Waals surface area (Å²) in [7, 11) is 0. The molecule has 3 amide bonds. The van der Waals surface area contributed by atoms with Gasteiger partial charge in [-0.25, -0.2) is 4.79 Å². The molecule has 36 heavy (non-hydrogen) atoms. The molecule has 16 heteroatoms. The van der Waals surface area contributed by atoms with Crippen LogP contribution < -0.4 is 33.2 Å². The summed E-state index contributed by atoms with van der Waals surface area (Å²) in [6, 6.07) is -5.49. The van der Waals surface area contributed by atoms with Gasteiger partial charge < -0.3 is 48.5 Å². The lowest BCUT2D eigenvalue weighted by atomic mass is 10.0. The van der Waals surface area contributed by atoms with E-state index in [0.717, 1.165) is 0 Å². The predicted octanol–water partition coefficient (Wildman–Crippen LogP) is -3.10. The molecule has 0 rings (SSSR count). The van der Waals surface area contributed by atoms with Crippen LogP contribution in [0.15, 0.2) is 4.99 Å². The molecule has 0 bridgehead atoms. The Kier molecular flexibility index (Phi) is 14.1. The molecule has 0 radical (unpaired) electrons. The number of nitrogens with one attached hydrogen (secondary N) is 3. The Bertz CT molecular complexity index is 843. The Morgan fingerprint density at radius 2 is 1.39 bits per heavy atom. The minimum atomic E-state index is -1.45. The van der Waals surface area contributed by atoms with Crippen molar-refractivity contribution >= 4 is 41.6 Å². The van der Waals surface area contributed by atoms with Gasteiger partial charge in [-0.1, -0.05) is 13.8 Å². The van der Waals surface area contributed by atoms with E-state index in [2.05, 4.69) is 20.9 Å². The molecule has 4 atom stereocenters. The number of carboxylic acids is 3. The Labute approximate surface area is 207 Å². The zero-order valence-electron chi connectivity index (χ0n) is 20.1. The van der Waals surface area contributed by atoms with Crippen LogP contribution in [0.1, 0.15) is 46.0 Å². The van der Waals surface area contributed by atoms with Crippen molar-refractivity contribution in [1.82, 2.24) is 16.0 Å². The van der Waals surface area contributed by atoms with Gasteiger partial charge in [0.25, 0.3) is 0 Å². The van der Waals surface area contributed by atoms with Crippen LogP contribution in [0.25, 0.3) is 0 Å². The van der Waals surface area contributed by atoms with Crippen molar-refractivity contribution in [2.75, 3.05) is 6.54 Å². The Hall–Kier alpha value is -3.95. The largest absolute Gasteiger partial charge is 0.481 e. The molecule has 0 spiro atoms. The van der Waals surface area contributed by atoms with Gasteiger partial charge in [-0.2, -0.15) is 0 Å². The van der Waals surface area contributed by atoms with Crippen molar-refractivity contribution in [2.24, 2.45) is 28.1 Å². The summed E-state index contributed by atoms with van der Waals surface area (Å²) >= 11 is 0. The number of nitrogens with two attached hydrogens (primary N) is 3. The first-order chi connectivity index (χ1) is 16.6. The van der Waals surface area contributed by atoms with Crippen LogP contribution >= 0.6 is 0 Å². The second-order valence-corrected chi connectivity index (χ2v) is 8.28. The van der Waals surface area contributed by atoms with E-state index in [1.165, 1.54) is 0 Å². The van der Waals surface area contributed by atoms with Crippen LogP contribution in [0.2, 0.25) is 0 Å². The van der Waals surface area contributed by atoms with Crippen molar-refractivity contribution in [3.05, 3.63) is 0 Å². The van der Waals surface area contributed by atoms with Crippen LogP contribution in [-0.2, 0) is 28.8 Å². The molecule has 16 nitrogen and oxygen atoms in total. The number of nitrogens with zero attached hydrogens (tertiary/aromatic N) is 1. The smallest absolute Gasteiger partial charge is 0.326 e. The van der Waals surface area contributed by atoms with Crippen LogP contribution in [0.3, 0.4) is 0 Å². The van der Waals surface area contributed by atoms with E-state index in [1.54, 1.807) is 13.8 Å². The number of carboxylic acid groups (broad SMARTS) is 3. The Balaban J connectivity index is 5.49. The maximum Gasteiger partial charge on any atom is 0.326 e. The van der Waals surface area contributed by atoms with Crippen molar-refractivity contribution in [2.45, 2.75) is 70.1 Å². The molecule has 0 aliphatic rings. The molecule has 0 heterocycles. The number of rotatable bonds is 17. The maximum absolute atomic E-state index is 12.9. The number of amides is 3. The van der Waals surface area contributed by atoms with Crippen molar-refractivity contribution in [3.8, 4) is 0 Å². The molecule has 0 aromatic heterocycles. The van der Waals surface area contributed by atoms with Gasteiger partial charge in [0.15, 0.2) is 5.96 Å². The van der Waals surface area contributed by atoms with Crippen LogP contribution in [0.5, 0.6) is 0 Å². The molecular weight excluding hydrogens is 482 g/mol. The molecule has 0 aromatic carbocycles. The lowest BCUT2D eigenvalue weighted by molar-refractivity contribution is -0.143. The highest BCUT2D eigenvalue weighted by atomic mass is 16.4. The van der Waals surface area contributed by atoms with E-state index in [9.17, 15) is 33.9 Å². The van der Waals surface area contributed by atoms with Crippen molar-refractivity contribution < 1.29 is 44.1 Å². The lowest BCUT2D eigenvalue weighted by Crippen LogP contribution is -2.58. The third-order valence-electron chi connectivity index (χ3n) is 4.82. The number of aliphatic carboxylic acids is 3. The van der Waals surface area contributed by atoms with Crippen molar-refractivity contribution in [3.63, 3.8) is 0 Å². The molecule has 12 N–H and O–H groups in total. The van der Waals surface area contributed by atoms with E-state index in [1.807, 2.05) is 0 Å². The summed E-state index contributed by atoms with van der Waals surface area (Å²) in [5.41, 5.74) is 15.9. The zero-order valence-corrected chi connectivity index (χ0v) is 20.1. The van der Waals surface area contributed by atoms with E-state index in [4.69, 9.17) is 27.4 Å². The van der Waals surface area contributed by atoms with E-state index < -0.39 is 78.6 Å². The summed E-state index contributed by atoms with van der Waals surface area (Å²) in [5, 5.41) is 34.1. The van der Waals surface area contributed by atoms with E-state index in [-0.39, 0.29) is 31.8 Å². The Morgan fingerprint density at radius 1 is 0.806 bits per heavy atom. The summed E-state index contributed by atoms with van der Waals surface area (Å²) in [4.78, 5) is 74.9. The van der Waals surface area contributed by atoms with Gasteiger partial charge in [0.05, 0.1) is 12.5 Å². The fourth-order valence-electron chi connectivity index (χ4n) is 2.91. The maximum atomic E-state index is 12.9. The molecule has 204 valence electrons. The van der Waals surface area contributed by atoms with E-state index >= 15 is 0 Å². The van der Waals surface area contributed by atoms with Gasteiger partial charge in [0, 0.05) is 13.0 Å². The number of hydrogen-bond donors (Lipinski definition) is 9. The normalized spacial score (nSPS) is 14.0. The summed E-state index contributed by atoms with van der Waals surface area (Å²) in [6.45, 7) is 3.24. The third kappa shape index (κ3) is 13.1. The van der Waals surface area contributed by atoms with Gasteiger partial charge in [-0.15, -0.1) is 0 Å². The highest BCUT2D eigenvalue weighted by Crippen LogP contribution is 2.07. The molecule has 0 aliphatic carbocycles. The second-order valence-electron chi connectivity index (χ2n) is 8.28. The minimum absolute atomic E-state index is 0.0520. The number of guanidine groups is 1. The Morgan fingerprint density at radius 3 is 1.86 bits per heavy atom. The van der Waals surface area contributed by atoms with Gasteiger partial charge in [-0.05, 0) is 25.2 Å². The van der Waals surface area contributed by atoms with Gasteiger partial charge >= 0.3 is 17.9 Å². The minimum Gasteiger partial charge on any atom is -0.481 e. The second kappa shape index (κ2) is 15.9. The fraction of sp³-hybridized carbons (Fsp3) is 0.650. The third-order valence-corrected chi connectivity index (χ3v) is 4.82. The average Bonchev–Trinajstić information content (AvgIpc) is 2.75. The molecule has 0 fully saturated rings. The quantitative estimate of drug-likeness (QED) is 0.0526. The molecule has 0 aliphatic heterocycles. The van der Waals surface area contributed by atoms with E-state index in [0.29, 0.717) is 0 Å². The van der Waals surface area contributed by atoms with Crippen LogP contribution in [-0.4, -0.2) is 87.6 Å². The topological polar surface area (TPSA) is 290 Å². The number of carbonyl (C=O) groups is 6. The number of carbonyl (C=O) groups excluding carboxylic acids is 3. The monoisotopic (exact) mass is 517 g/mol. The highest BCUT2D eigenvalue weighted by molar-refractivity contribution is 5.95. The fourth-order valence-corrected chi connectivity index (χ4v) is 2.91. The summed E-state index contributed by atoms with van der Waals surface area (Å²) in [5.74, 6) is -7.39. The first-order valence-corrected chi connectivity index (χ1v) is 11.0. The van der Waals surface area contributed by atoms with Gasteiger partial charge in [-0.3, -0.25) is 29.0 Å².